The van der Waals surface area contributed by atoms with Crippen LogP contribution in [0.1, 0.15) is 29.9 Å². The average molecular weight is 565 g/mol. The van der Waals surface area contributed by atoms with E-state index in [1.807, 2.05) is 18.2 Å². The fourth-order valence-corrected chi connectivity index (χ4v) is 4.83. The van der Waals surface area contributed by atoms with Gasteiger partial charge >= 0.3 is 5.92 Å². The first-order valence-corrected chi connectivity index (χ1v) is 12.9. The summed E-state index contributed by atoms with van der Waals surface area (Å²) in [4.78, 5) is 38.0. The number of anilines is 1. The first kappa shape index (κ1) is 28.0. The van der Waals surface area contributed by atoms with Crippen molar-refractivity contribution in [3.8, 4) is 23.1 Å². The molecule has 3 aromatic rings. The summed E-state index contributed by atoms with van der Waals surface area (Å²) in [5.74, 6) is -4.50. The number of aromatic nitrogens is 3. The van der Waals surface area contributed by atoms with E-state index >= 15 is 0 Å². The Bertz CT molecular complexity index is 1480. The zero-order chi connectivity index (χ0) is 29.1. The van der Waals surface area contributed by atoms with Crippen molar-refractivity contribution in [1.82, 2.24) is 19.9 Å². The molecule has 212 valence electrons. The van der Waals surface area contributed by atoms with Crippen molar-refractivity contribution < 1.29 is 33.3 Å². The number of alkyl halides is 2. The van der Waals surface area contributed by atoms with Crippen molar-refractivity contribution in [1.29, 1.82) is 5.26 Å². The number of ether oxygens (including phenoxy) is 1. The lowest BCUT2D eigenvalue weighted by Gasteiger charge is -2.38. The highest BCUT2D eigenvalue weighted by atomic mass is 19.3. The minimum Gasteiger partial charge on any atom is -0.483 e. The lowest BCUT2D eigenvalue weighted by molar-refractivity contribution is -0.167. The lowest BCUT2D eigenvalue weighted by Crippen LogP contribution is -2.57. The second-order valence-electron chi connectivity index (χ2n) is 9.95. The van der Waals surface area contributed by atoms with E-state index in [2.05, 4.69) is 20.3 Å². The van der Waals surface area contributed by atoms with Crippen LogP contribution in [-0.4, -0.2) is 79.7 Å². The Hall–Kier alpha value is -4.54. The number of rotatable bonds is 8. The van der Waals surface area contributed by atoms with Gasteiger partial charge in [0.05, 0.1) is 24.4 Å². The molecule has 0 unspecified atom stereocenters. The van der Waals surface area contributed by atoms with Crippen LogP contribution >= 0.6 is 0 Å². The number of carbonyl (C=O) groups excluding carboxylic acids is 2. The Kier molecular flexibility index (Phi) is 7.87. The summed E-state index contributed by atoms with van der Waals surface area (Å²) >= 11 is 0. The average Bonchev–Trinajstić information content (AvgIpc) is 3.79. The monoisotopic (exact) mass is 564 g/mol. The molecule has 4 atom stereocenters. The standard InChI is InChI=1S/C28H26F2N6O5/c29-28(30)14-36(27(40)22(38)13-37)7-5-24(28)41-23-4-3-16(8-18(23)11-31)21-10-25(34-15-33-21)35-26(39)20-9-19(20)17-2-1-6-32-12-17/h1-4,6,8,10,12,15,19-20,22,24,37-38H,5,7,9,13-14H2,(H,33,34,35,39)/t19-,20+,22-,24-/m0/s1. The fraction of sp³-hybridized carbons (Fsp3) is 0.357. The molecule has 5 rings (SSSR count). The van der Waals surface area contributed by atoms with Gasteiger partial charge in [0.15, 0.2) is 12.2 Å². The molecule has 0 spiro atoms. The molecular weight excluding hydrogens is 538 g/mol. The van der Waals surface area contributed by atoms with Crippen LogP contribution in [0.5, 0.6) is 5.75 Å². The summed E-state index contributed by atoms with van der Waals surface area (Å²) in [6, 6.07) is 11.6. The molecule has 41 heavy (non-hydrogen) atoms. The first-order chi connectivity index (χ1) is 19.7. The Balaban J connectivity index is 1.25. The summed E-state index contributed by atoms with van der Waals surface area (Å²) in [7, 11) is 0. The molecule has 2 amide bonds. The Labute approximate surface area is 233 Å². The third-order valence-electron chi connectivity index (χ3n) is 7.13. The minimum atomic E-state index is -3.47. The van der Waals surface area contributed by atoms with E-state index in [4.69, 9.17) is 9.84 Å². The number of nitrogens with one attached hydrogen (secondary N) is 1. The molecule has 2 fully saturated rings. The van der Waals surface area contributed by atoms with E-state index in [0.717, 1.165) is 10.5 Å². The van der Waals surface area contributed by atoms with Crippen LogP contribution in [0.4, 0.5) is 14.6 Å². The summed E-state index contributed by atoms with van der Waals surface area (Å²) in [5.41, 5.74) is 1.88. The number of aliphatic hydroxyl groups is 2. The molecular formula is C28H26F2N6O5. The number of aliphatic hydroxyl groups excluding tert-OH is 2. The number of halogens is 2. The highest BCUT2D eigenvalue weighted by molar-refractivity contribution is 5.94. The van der Waals surface area contributed by atoms with Gasteiger partial charge in [0.25, 0.3) is 5.91 Å². The van der Waals surface area contributed by atoms with E-state index in [0.29, 0.717) is 17.7 Å². The molecule has 1 aliphatic carbocycles. The van der Waals surface area contributed by atoms with Crippen molar-refractivity contribution in [2.45, 2.75) is 36.9 Å². The van der Waals surface area contributed by atoms with Crippen molar-refractivity contribution in [2.75, 3.05) is 25.0 Å². The Morgan fingerprint density at radius 1 is 1.27 bits per heavy atom. The third-order valence-corrected chi connectivity index (χ3v) is 7.13. The smallest absolute Gasteiger partial charge is 0.301 e. The molecule has 1 saturated heterocycles. The molecule has 0 radical (unpaired) electrons. The minimum absolute atomic E-state index is 0.00556. The van der Waals surface area contributed by atoms with Gasteiger partial charge in [-0.05, 0) is 42.2 Å². The Morgan fingerprint density at radius 2 is 2.10 bits per heavy atom. The second kappa shape index (κ2) is 11.5. The van der Waals surface area contributed by atoms with Crippen LogP contribution in [-0.2, 0) is 9.59 Å². The quantitative estimate of drug-likeness (QED) is 0.372. The maximum atomic E-state index is 14.8. The number of benzene rings is 1. The number of amides is 2. The van der Waals surface area contributed by atoms with Gasteiger partial charge in [-0.15, -0.1) is 0 Å². The summed E-state index contributed by atoms with van der Waals surface area (Å²) in [6.45, 7) is -1.98. The van der Waals surface area contributed by atoms with Crippen LogP contribution in [0.3, 0.4) is 0 Å². The van der Waals surface area contributed by atoms with Gasteiger partial charge in [-0.1, -0.05) is 6.07 Å². The van der Waals surface area contributed by atoms with E-state index < -0.39 is 37.2 Å². The number of likely N-dealkylation sites (tertiary alicyclic amines) is 1. The van der Waals surface area contributed by atoms with E-state index in [1.165, 1.54) is 18.5 Å². The zero-order valence-corrected chi connectivity index (χ0v) is 21.7. The zero-order valence-electron chi connectivity index (χ0n) is 21.7. The lowest BCUT2D eigenvalue weighted by atomic mass is 10.0. The molecule has 3 heterocycles. The molecule has 11 nitrogen and oxygen atoms in total. The largest absolute Gasteiger partial charge is 0.483 e. The number of nitrogens with zero attached hydrogens (tertiary/aromatic N) is 5. The number of piperidine rings is 1. The summed E-state index contributed by atoms with van der Waals surface area (Å²) in [5, 5.41) is 30.9. The molecule has 1 saturated carbocycles. The van der Waals surface area contributed by atoms with Gasteiger partial charge in [0, 0.05) is 42.9 Å². The van der Waals surface area contributed by atoms with E-state index in [-0.39, 0.29) is 47.8 Å². The highest BCUT2D eigenvalue weighted by Gasteiger charge is 2.48. The van der Waals surface area contributed by atoms with Gasteiger partial charge in [0.1, 0.15) is 24.0 Å². The van der Waals surface area contributed by atoms with E-state index in [1.54, 1.807) is 24.5 Å². The van der Waals surface area contributed by atoms with Gasteiger partial charge < -0.3 is 25.2 Å². The maximum absolute atomic E-state index is 14.8. The van der Waals surface area contributed by atoms with Gasteiger partial charge in [-0.2, -0.15) is 5.26 Å². The predicted octanol–water partition coefficient (Wildman–Crippen LogP) is 2.12. The van der Waals surface area contributed by atoms with Gasteiger partial charge in [-0.25, -0.2) is 18.7 Å². The molecule has 2 aliphatic rings. The van der Waals surface area contributed by atoms with E-state index in [9.17, 15) is 28.7 Å². The maximum Gasteiger partial charge on any atom is 0.301 e. The number of hydrogen-bond acceptors (Lipinski definition) is 9. The molecule has 13 heteroatoms. The number of pyridine rings is 1. The molecule has 2 aromatic heterocycles. The topological polar surface area (TPSA) is 162 Å². The van der Waals surface area contributed by atoms with Crippen LogP contribution in [0.15, 0.2) is 55.1 Å². The third kappa shape index (κ3) is 6.13. The second-order valence-corrected chi connectivity index (χ2v) is 9.95. The van der Waals surface area contributed by atoms with Crippen LogP contribution in [0, 0.1) is 17.2 Å². The van der Waals surface area contributed by atoms with Crippen molar-refractivity contribution in [3.05, 3.63) is 66.2 Å². The molecule has 3 N–H and O–H groups in total. The van der Waals surface area contributed by atoms with Crippen molar-refractivity contribution >= 4 is 17.6 Å². The van der Waals surface area contributed by atoms with Gasteiger partial charge in [-0.3, -0.25) is 14.6 Å². The highest BCUT2D eigenvalue weighted by Crippen LogP contribution is 2.47. The van der Waals surface area contributed by atoms with Crippen LogP contribution < -0.4 is 10.1 Å². The summed E-state index contributed by atoms with van der Waals surface area (Å²) < 4.78 is 35.2. The van der Waals surface area contributed by atoms with Crippen LogP contribution in [0.2, 0.25) is 0 Å². The van der Waals surface area contributed by atoms with Crippen LogP contribution in [0.25, 0.3) is 11.3 Å². The predicted molar refractivity (Wildman–Crippen MR) is 140 cm³/mol. The van der Waals surface area contributed by atoms with Gasteiger partial charge in [0.2, 0.25) is 5.91 Å². The number of carbonyl (C=O) groups is 2. The molecule has 1 aromatic carbocycles. The summed E-state index contributed by atoms with van der Waals surface area (Å²) in [6.07, 6.45) is 1.77. The molecule has 1 aliphatic heterocycles. The fourth-order valence-electron chi connectivity index (χ4n) is 4.83. The number of nitriles is 1. The van der Waals surface area contributed by atoms with Crippen molar-refractivity contribution in [2.24, 2.45) is 5.92 Å². The Morgan fingerprint density at radius 3 is 2.80 bits per heavy atom. The normalized spacial score (nSPS) is 21.8. The van der Waals surface area contributed by atoms with Crippen molar-refractivity contribution in [3.63, 3.8) is 0 Å². The molecule has 0 bridgehead atoms. The number of hydrogen-bond donors (Lipinski definition) is 3. The SMILES string of the molecule is N#Cc1cc(-c2cc(NC(=O)[C@@H]3C[C@H]3c3cccnc3)ncn2)ccc1O[C@H]1CCN(C(=O)[C@@H](O)CO)CC1(F)F. The first-order valence-electron chi connectivity index (χ1n) is 12.9.